The van der Waals surface area contributed by atoms with E-state index in [1.807, 2.05) is 42.5 Å². The number of nitrogens with zero attached hydrogens (tertiary/aromatic N) is 1. The van der Waals surface area contributed by atoms with Gasteiger partial charge in [-0.2, -0.15) is 0 Å². The highest BCUT2D eigenvalue weighted by Gasteiger charge is 2.28. The van der Waals surface area contributed by atoms with E-state index in [0.29, 0.717) is 18.5 Å². The summed E-state index contributed by atoms with van der Waals surface area (Å²) in [4.78, 5) is 38.9. The van der Waals surface area contributed by atoms with Crippen molar-refractivity contribution in [1.29, 1.82) is 0 Å². The Balaban J connectivity index is 1.24. The molecule has 180 valence electrons. The van der Waals surface area contributed by atoms with Crippen LogP contribution in [0.3, 0.4) is 0 Å². The highest BCUT2D eigenvalue weighted by atomic mass is 16.6. The number of para-hydroxylation sites is 1. The van der Waals surface area contributed by atoms with E-state index in [9.17, 15) is 14.4 Å². The number of piperidine rings is 1. The van der Waals surface area contributed by atoms with Crippen LogP contribution >= 0.6 is 0 Å². The van der Waals surface area contributed by atoms with Gasteiger partial charge in [0.2, 0.25) is 0 Å². The maximum Gasteiger partial charge on any atom is 0.426 e. The lowest BCUT2D eigenvalue weighted by Gasteiger charge is -2.31. The Hall–Kier alpha value is -3.97. The lowest BCUT2D eigenvalue weighted by atomic mass is 10.0. The highest BCUT2D eigenvalue weighted by molar-refractivity contribution is 6.31. The molecule has 1 heterocycles. The number of rotatable bonds is 5. The third-order valence-electron chi connectivity index (χ3n) is 5.94. The Kier molecular flexibility index (Phi) is 7.90. The summed E-state index contributed by atoms with van der Waals surface area (Å²) < 4.78 is 9.98. The number of amides is 1. The van der Waals surface area contributed by atoms with Gasteiger partial charge in [0.15, 0.2) is 0 Å². The summed E-state index contributed by atoms with van der Waals surface area (Å²) in [5.74, 6) is -2.49. The molecule has 1 saturated heterocycles. The monoisotopic (exact) mass is 472 g/mol. The number of hydrogen-bond acceptors (Lipinski definition) is 6. The van der Waals surface area contributed by atoms with Crippen molar-refractivity contribution in [2.45, 2.75) is 32.4 Å². The van der Waals surface area contributed by atoms with Crippen LogP contribution in [-0.4, -0.2) is 42.1 Å². The van der Waals surface area contributed by atoms with E-state index >= 15 is 0 Å². The largest absolute Gasteiger partial charge is 0.454 e. The quantitative estimate of drug-likeness (QED) is 0.322. The van der Waals surface area contributed by atoms with E-state index in [0.717, 1.165) is 30.8 Å². The van der Waals surface area contributed by atoms with Crippen LogP contribution in [0.2, 0.25) is 0 Å². The average Bonchev–Trinajstić information content (AvgIpc) is 2.87. The predicted octanol–water partition coefficient (Wildman–Crippen LogP) is 4.94. The Bertz CT molecular complexity index is 1170. The molecule has 1 N–H and O–H groups in total. The first kappa shape index (κ1) is 24.2. The number of carbonyl (C=O) groups is 3. The first-order chi connectivity index (χ1) is 17.0. The Morgan fingerprint density at radius 3 is 2.23 bits per heavy atom. The Labute approximate surface area is 204 Å². The van der Waals surface area contributed by atoms with E-state index in [-0.39, 0.29) is 6.10 Å². The molecule has 0 aliphatic carbocycles. The van der Waals surface area contributed by atoms with E-state index in [2.05, 4.69) is 46.1 Å². The fourth-order valence-electron chi connectivity index (χ4n) is 4.06. The second-order valence-electron chi connectivity index (χ2n) is 8.58. The maximum atomic E-state index is 12.3. The highest BCUT2D eigenvalue weighted by Crippen LogP contribution is 2.27. The van der Waals surface area contributed by atoms with Crippen LogP contribution in [-0.2, 0) is 25.6 Å². The summed E-state index contributed by atoms with van der Waals surface area (Å²) in [5.41, 5.74) is 4.57. The molecule has 1 fully saturated rings. The number of ether oxygens (including phenoxy) is 2. The van der Waals surface area contributed by atoms with Crippen molar-refractivity contribution in [3.8, 4) is 11.1 Å². The van der Waals surface area contributed by atoms with E-state index in [1.54, 1.807) is 12.1 Å². The van der Waals surface area contributed by atoms with Crippen molar-refractivity contribution in [1.82, 2.24) is 4.90 Å². The van der Waals surface area contributed by atoms with Crippen molar-refractivity contribution in [2.24, 2.45) is 0 Å². The van der Waals surface area contributed by atoms with Crippen LogP contribution < -0.4 is 5.32 Å². The number of carbonyl (C=O) groups excluding carboxylic acids is 3. The minimum Gasteiger partial charge on any atom is -0.454 e. The predicted molar refractivity (Wildman–Crippen MR) is 133 cm³/mol. The van der Waals surface area contributed by atoms with Gasteiger partial charge in [-0.05, 0) is 37.0 Å². The molecule has 0 saturated carbocycles. The number of nitrogens with one attached hydrogen (secondary N) is 1. The number of likely N-dealkylation sites (tertiary alicyclic amines) is 1. The van der Waals surface area contributed by atoms with Gasteiger partial charge in [-0.25, -0.2) is 14.4 Å². The molecule has 3 aromatic rings. The second kappa shape index (κ2) is 11.4. The van der Waals surface area contributed by atoms with E-state index in [4.69, 9.17) is 4.74 Å². The summed E-state index contributed by atoms with van der Waals surface area (Å²) in [6, 6.07) is 25.0. The molecule has 4 rings (SSSR count). The molecule has 0 spiro atoms. The summed E-state index contributed by atoms with van der Waals surface area (Å²) in [5, 5.41) is 2.53. The number of hydrogen-bond donors (Lipinski definition) is 1. The lowest BCUT2D eigenvalue weighted by molar-refractivity contribution is -0.168. The molecule has 7 heteroatoms. The van der Waals surface area contributed by atoms with Crippen molar-refractivity contribution >= 4 is 23.7 Å². The standard InChI is InChI=1S/C28H28N2O5/c1-20-11-13-21(14-12-20)19-30-17-15-23(16-18-30)34-26(31)27(32)35-28(33)29-25-10-6-5-9-24(25)22-7-3-2-4-8-22/h2-14,23H,15-19H2,1H3,(H,29,33). The molecule has 1 aliphatic heterocycles. The first-order valence-electron chi connectivity index (χ1n) is 11.6. The second-order valence-corrected chi connectivity index (χ2v) is 8.58. The van der Waals surface area contributed by atoms with Gasteiger partial charge in [-0.15, -0.1) is 0 Å². The van der Waals surface area contributed by atoms with Gasteiger partial charge < -0.3 is 9.47 Å². The third-order valence-corrected chi connectivity index (χ3v) is 5.94. The Morgan fingerprint density at radius 2 is 1.51 bits per heavy atom. The van der Waals surface area contributed by atoms with Gasteiger partial charge in [0, 0.05) is 25.2 Å². The van der Waals surface area contributed by atoms with Gasteiger partial charge >= 0.3 is 18.0 Å². The first-order valence-corrected chi connectivity index (χ1v) is 11.6. The molecule has 0 aromatic heterocycles. The van der Waals surface area contributed by atoms with Crippen molar-refractivity contribution in [3.05, 3.63) is 90.0 Å². The van der Waals surface area contributed by atoms with Crippen LogP contribution in [0.25, 0.3) is 11.1 Å². The third kappa shape index (κ3) is 6.77. The average molecular weight is 473 g/mol. The number of benzene rings is 3. The van der Waals surface area contributed by atoms with Gasteiger partial charge in [-0.1, -0.05) is 78.4 Å². The molecule has 0 radical (unpaired) electrons. The fraction of sp³-hybridized carbons (Fsp3) is 0.250. The summed E-state index contributed by atoms with van der Waals surface area (Å²) >= 11 is 0. The van der Waals surface area contributed by atoms with Crippen molar-refractivity contribution in [3.63, 3.8) is 0 Å². The number of aryl methyl sites for hydroxylation is 1. The Morgan fingerprint density at radius 1 is 0.857 bits per heavy atom. The van der Waals surface area contributed by atoms with E-state index in [1.165, 1.54) is 11.1 Å². The molecule has 1 aliphatic rings. The molecule has 1 amide bonds. The van der Waals surface area contributed by atoms with Gasteiger partial charge in [0.1, 0.15) is 6.10 Å². The zero-order valence-electron chi connectivity index (χ0n) is 19.6. The molecular formula is C28H28N2O5. The summed E-state index contributed by atoms with van der Waals surface area (Å²) in [7, 11) is 0. The van der Waals surface area contributed by atoms with Crippen LogP contribution in [0.1, 0.15) is 24.0 Å². The zero-order valence-corrected chi connectivity index (χ0v) is 19.6. The lowest BCUT2D eigenvalue weighted by Crippen LogP contribution is -2.39. The van der Waals surface area contributed by atoms with Crippen LogP contribution in [0.15, 0.2) is 78.9 Å². The zero-order chi connectivity index (χ0) is 24.6. The molecule has 0 atom stereocenters. The smallest absolute Gasteiger partial charge is 0.426 e. The topological polar surface area (TPSA) is 84.9 Å². The molecule has 0 unspecified atom stereocenters. The van der Waals surface area contributed by atoms with Crippen molar-refractivity contribution in [2.75, 3.05) is 18.4 Å². The number of esters is 2. The molecule has 0 bridgehead atoms. The van der Waals surface area contributed by atoms with Crippen LogP contribution in [0.5, 0.6) is 0 Å². The van der Waals surface area contributed by atoms with Gasteiger partial charge in [0.25, 0.3) is 0 Å². The van der Waals surface area contributed by atoms with Gasteiger partial charge in [-0.3, -0.25) is 10.2 Å². The van der Waals surface area contributed by atoms with Crippen LogP contribution in [0, 0.1) is 6.92 Å². The summed E-state index contributed by atoms with van der Waals surface area (Å²) in [6.07, 6.45) is -0.197. The van der Waals surface area contributed by atoms with E-state index < -0.39 is 18.0 Å². The summed E-state index contributed by atoms with van der Waals surface area (Å²) in [6.45, 7) is 4.38. The minimum atomic E-state index is -1.33. The maximum absolute atomic E-state index is 12.3. The van der Waals surface area contributed by atoms with Crippen LogP contribution in [0.4, 0.5) is 10.5 Å². The molecular weight excluding hydrogens is 444 g/mol. The van der Waals surface area contributed by atoms with Crippen molar-refractivity contribution < 1.29 is 23.9 Å². The normalized spacial score (nSPS) is 14.2. The van der Waals surface area contributed by atoms with Gasteiger partial charge in [0.05, 0.1) is 5.69 Å². The number of anilines is 1. The molecule has 35 heavy (non-hydrogen) atoms. The fourth-order valence-corrected chi connectivity index (χ4v) is 4.06. The minimum absolute atomic E-state index is 0.383. The SMILES string of the molecule is Cc1ccc(CN2CCC(OC(=O)C(=O)OC(=O)Nc3ccccc3-c3ccccc3)CC2)cc1. The molecule has 7 nitrogen and oxygen atoms in total. The molecule has 3 aromatic carbocycles.